The van der Waals surface area contributed by atoms with Crippen LogP contribution < -0.4 is 0 Å². The Labute approximate surface area is 109 Å². The molecule has 17 heavy (non-hydrogen) atoms. The molecule has 0 aliphatic heterocycles. The van der Waals surface area contributed by atoms with Crippen molar-refractivity contribution in [2.45, 2.75) is 24.8 Å². The van der Waals surface area contributed by atoms with Gasteiger partial charge in [-0.15, -0.1) is 0 Å². The van der Waals surface area contributed by atoms with Crippen LogP contribution in [0.1, 0.15) is 29.6 Å². The van der Waals surface area contributed by atoms with Crippen LogP contribution in [0.5, 0.6) is 0 Å². The Morgan fingerprint density at radius 1 is 1.47 bits per heavy atom. The van der Waals surface area contributed by atoms with Crippen molar-refractivity contribution in [3.05, 3.63) is 34.3 Å². The van der Waals surface area contributed by atoms with Gasteiger partial charge < -0.3 is 4.90 Å². The smallest absolute Gasteiger partial charge is 0.256 e. The fourth-order valence-corrected chi connectivity index (χ4v) is 2.50. The third-order valence-electron chi connectivity index (χ3n) is 3.44. The van der Waals surface area contributed by atoms with Gasteiger partial charge in [0, 0.05) is 11.5 Å². The molecule has 0 saturated heterocycles. The molecule has 0 unspecified atom stereocenters. The lowest BCUT2D eigenvalue weighted by molar-refractivity contribution is 0.0496. The number of amides is 1. The summed E-state index contributed by atoms with van der Waals surface area (Å²) in [5.74, 6) is -0.0984. The number of carbonyl (C=O) groups is 1. The highest BCUT2D eigenvalue weighted by atomic mass is 79.9. The first-order valence-electron chi connectivity index (χ1n) is 5.55. The van der Waals surface area contributed by atoms with E-state index in [1.807, 2.05) is 18.2 Å². The number of halogens is 1. The van der Waals surface area contributed by atoms with Crippen LogP contribution in [-0.2, 0) is 0 Å². The van der Waals surface area contributed by atoms with Crippen LogP contribution in [-0.4, -0.2) is 23.4 Å². The molecule has 0 bridgehead atoms. The molecule has 88 valence electrons. The van der Waals surface area contributed by atoms with E-state index in [-0.39, 0.29) is 5.91 Å². The molecule has 1 fully saturated rings. The Kier molecular flexibility index (Phi) is 3.21. The van der Waals surface area contributed by atoms with E-state index in [0.29, 0.717) is 5.56 Å². The molecule has 0 heterocycles. The number of hydrogen-bond acceptors (Lipinski definition) is 2. The number of nitriles is 1. The lowest BCUT2D eigenvalue weighted by Crippen LogP contribution is -2.53. The molecule has 4 heteroatoms. The Morgan fingerprint density at radius 3 is 2.59 bits per heavy atom. The van der Waals surface area contributed by atoms with Crippen LogP contribution in [0.2, 0.25) is 0 Å². The lowest BCUT2D eigenvalue weighted by atomic mass is 9.76. The average molecular weight is 293 g/mol. The van der Waals surface area contributed by atoms with Crippen molar-refractivity contribution < 1.29 is 4.79 Å². The minimum absolute atomic E-state index is 0.0984. The zero-order chi connectivity index (χ0) is 12.5. The number of carbonyl (C=O) groups excluding carboxylic acids is 1. The minimum atomic E-state index is -0.591. The maximum atomic E-state index is 12.3. The molecule has 1 aliphatic rings. The summed E-state index contributed by atoms with van der Waals surface area (Å²) in [6.45, 7) is 0. The summed E-state index contributed by atoms with van der Waals surface area (Å²) < 4.78 is 0.768. The molecule has 1 aromatic carbocycles. The van der Waals surface area contributed by atoms with Crippen molar-refractivity contribution in [1.82, 2.24) is 4.90 Å². The van der Waals surface area contributed by atoms with Gasteiger partial charge in [-0.1, -0.05) is 12.1 Å². The third-order valence-corrected chi connectivity index (χ3v) is 4.13. The van der Waals surface area contributed by atoms with Crippen LogP contribution in [0.3, 0.4) is 0 Å². The fourth-order valence-electron chi connectivity index (χ4n) is 2.04. The van der Waals surface area contributed by atoms with Gasteiger partial charge in [0.25, 0.3) is 5.91 Å². The first-order chi connectivity index (χ1) is 8.10. The van der Waals surface area contributed by atoms with E-state index in [9.17, 15) is 10.1 Å². The summed E-state index contributed by atoms with van der Waals surface area (Å²) in [4.78, 5) is 13.9. The molecular formula is C13H13BrN2O. The molecular weight excluding hydrogens is 280 g/mol. The van der Waals surface area contributed by atoms with Crippen LogP contribution in [0.4, 0.5) is 0 Å². The van der Waals surface area contributed by atoms with Gasteiger partial charge >= 0.3 is 0 Å². The second kappa shape index (κ2) is 4.50. The predicted molar refractivity (Wildman–Crippen MR) is 68.4 cm³/mol. The van der Waals surface area contributed by atoms with Gasteiger partial charge in [-0.05, 0) is 47.3 Å². The van der Waals surface area contributed by atoms with E-state index in [2.05, 4.69) is 22.0 Å². The summed E-state index contributed by atoms with van der Waals surface area (Å²) >= 11 is 3.36. The first kappa shape index (κ1) is 12.1. The largest absolute Gasteiger partial charge is 0.323 e. The van der Waals surface area contributed by atoms with Gasteiger partial charge in [-0.2, -0.15) is 5.26 Å². The van der Waals surface area contributed by atoms with E-state index < -0.39 is 5.54 Å². The highest BCUT2D eigenvalue weighted by Gasteiger charge is 2.43. The number of nitrogens with zero attached hydrogens (tertiary/aromatic N) is 2. The number of hydrogen-bond donors (Lipinski definition) is 0. The van der Waals surface area contributed by atoms with Crippen LogP contribution in [0, 0.1) is 11.3 Å². The average Bonchev–Trinajstić information content (AvgIpc) is 2.28. The molecule has 1 aromatic rings. The Hall–Kier alpha value is -1.34. The van der Waals surface area contributed by atoms with Gasteiger partial charge in [0.1, 0.15) is 5.54 Å². The van der Waals surface area contributed by atoms with Crippen LogP contribution in [0.15, 0.2) is 28.7 Å². The van der Waals surface area contributed by atoms with E-state index in [1.54, 1.807) is 18.0 Å². The van der Waals surface area contributed by atoms with E-state index in [0.717, 1.165) is 23.7 Å². The second-order valence-electron chi connectivity index (χ2n) is 4.34. The Balaban J connectivity index is 2.27. The van der Waals surface area contributed by atoms with E-state index in [4.69, 9.17) is 0 Å². The zero-order valence-corrected chi connectivity index (χ0v) is 11.2. The van der Waals surface area contributed by atoms with Crippen molar-refractivity contribution in [2.75, 3.05) is 7.05 Å². The topological polar surface area (TPSA) is 44.1 Å². The van der Waals surface area contributed by atoms with Crippen LogP contribution in [0.25, 0.3) is 0 Å². The maximum Gasteiger partial charge on any atom is 0.256 e. The highest BCUT2D eigenvalue weighted by Crippen LogP contribution is 2.37. The van der Waals surface area contributed by atoms with Gasteiger partial charge in [-0.3, -0.25) is 4.79 Å². The van der Waals surface area contributed by atoms with E-state index in [1.165, 1.54) is 0 Å². The van der Waals surface area contributed by atoms with Crippen molar-refractivity contribution >= 4 is 21.8 Å². The number of benzene rings is 1. The van der Waals surface area contributed by atoms with Crippen molar-refractivity contribution in [1.29, 1.82) is 5.26 Å². The molecule has 0 atom stereocenters. The van der Waals surface area contributed by atoms with Gasteiger partial charge in [0.2, 0.25) is 0 Å². The molecule has 0 radical (unpaired) electrons. The fraction of sp³-hybridized carbons (Fsp3) is 0.385. The van der Waals surface area contributed by atoms with Crippen LogP contribution >= 0.6 is 15.9 Å². The zero-order valence-electron chi connectivity index (χ0n) is 9.61. The third kappa shape index (κ3) is 1.96. The minimum Gasteiger partial charge on any atom is -0.323 e. The molecule has 1 amide bonds. The SMILES string of the molecule is CN(C(=O)c1ccccc1Br)C1(C#N)CCC1. The Morgan fingerprint density at radius 2 is 2.12 bits per heavy atom. The summed E-state index contributed by atoms with van der Waals surface area (Å²) in [7, 11) is 1.71. The number of rotatable bonds is 2. The summed E-state index contributed by atoms with van der Waals surface area (Å²) in [6.07, 6.45) is 2.56. The van der Waals surface area contributed by atoms with Crippen molar-refractivity contribution in [3.63, 3.8) is 0 Å². The molecule has 0 spiro atoms. The Bertz CT molecular complexity index is 488. The highest BCUT2D eigenvalue weighted by molar-refractivity contribution is 9.10. The maximum absolute atomic E-state index is 12.3. The second-order valence-corrected chi connectivity index (χ2v) is 5.20. The standard InChI is InChI=1S/C13H13BrN2O/c1-16(13(9-15)7-4-8-13)12(17)10-5-2-3-6-11(10)14/h2-3,5-6H,4,7-8H2,1H3. The van der Waals surface area contributed by atoms with Crippen molar-refractivity contribution in [2.24, 2.45) is 0 Å². The summed E-state index contributed by atoms with van der Waals surface area (Å²) in [6, 6.07) is 9.57. The van der Waals surface area contributed by atoms with Gasteiger partial charge in [-0.25, -0.2) is 0 Å². The monoisotopic (exact) mass is 292 g/mol. The molecule has 2 rings (SSSR count). The first-order valence-corrected chi connectivity index (χ1v) is 6.34. The summed E-state index contributed by atoms with van der Waals surface area (Å²) in [5, 5.41) is 9.22. The normalized spacial score (nSPS) is 16.8. The molecule has 3 nitrogen and oxygen atoms in total. The molecule has 1 aliphatic carbocycles. The molecule has 0 aromatic heterocycles. The van der Waals surface area contributed by atoms with Gasteiger partial charge in [0.15, 0.2) is 0 Å². The molecule has 0 N–H and O–H groups in total. The quantitative estimate of drug-likeness (QED) is 0.841. The van der Waals surface area contributed by atoms with Gasteiger partial charge in [0.05, 0.1) is 11.6 Å². The predicted octanol–water partition coefficient (Wildman–Crippen LogP) is 2.97. The van der Waals surface area contributed by atoms with E-state index >= 15 is 0 Å². The summed E-state index contributed by atoms with van der Waals surface area (Å²) in [5.41, 5.74) is 0.0170. The lowest BCUT2D eigenvalue weighted by Gasteiger charge is -2.43. The molecule has 1 saturated carbocycles. The van der Waals surface area contributed by atoms with Crippen molar-refractivity contribution in [3.8, 4) is 6.07 Å².